The fourth-order valence-electron chi connectivity index (χ4n) is 2.06. The Bertz CT molecular complexity index is 644. The third kappa shape index (κ3) is 4.90. The Morgan fingerprint density at radius 2 is 1.91 bits per heavy atom. The topological polar surface area (TPSA) is 33.3 Å². The number of rotatable bonds is 5. The number of thiocarbonyl (C=S) groups is 1. The van der Waals surface area contributed by atoms with Gasteiger partial charge in [0.2, 0.25) is 0 Å². The molecule has 2 aromatic rings. The maximum atomic E-state index is 5.87. The molecule has 2 rings (SSSR count). The van der Waals surface area contributed by atoms with Gasteiger partial charge >= 0.3 is 0 Å². The van der Waals surface area contributed by atoms with E-state index in [0.29, 0.717) is 5.11 Å². The van der Waals surface area contributed by atoms with Crippen molar-refractivity contribution in [3.05, 3.63) is 58.6 Å². The highest BCUT2D eigenvalue weighted by molar-refractivity contribution is 7.80. The summed E-state index contributed by atoms with van der Waals surface area (Å²) in [5.74, 6) is 0.771. The normalized spacial score (nSPS) is 10.1. The number of benzene rings is 2. The van der Waals surface area contributed by atoms with E-state index >= 15 is 0 Å². The van der Waals surface area contributed by atoms with Gasteiger partial charge in [-0.1, -0.05) is 29.8 Å². The third-order valence-electron chi connectivity index (χ3n) is 3.22. The van der Waals surface area contributed by atoms with E-state index < -0.39 is 0 Å². The van der Waals surface area contributed by atoms with Gasteiger partial charge in [-0.3, -0.25) is 0 Å². The summed E-state index contributed by atoms with van der Waals surface area (Å²) in [4.78, 5) is 0. The molecule has 0 aliphatic rings. The second-order valence-corrected chi connectivity index (χ2v) is 5.81. The van der Waals surface area contributed by atoms with E-state index in [1.54, 1.807) is 7.11 Å². The number of ether oxygens (including phenoxy) is 1. The molecular weight excluding hydrogens is 316 g/mol. The average molecular weight is 335 g/mol. The Morgan fingerprint density at radius 1 is 1.18 bits per heavy atom. The van der Waals surface area contributed by atoms with Crippen LogP contribution in [0.25, 0.3) is 0 Å². The predicted octanol–water partition coefficient (Wildman–Crippen LogP) is 4.19. The van der Waals surface area contributed by atoms with Crippen LogP contribution in [0.2, 0.25) is 5.02 Å². The van der Waals surface area contributed by atoms with Crippen molar-refractivity contribution in [2.24, 2.45) is 0 Å². The Balaban J connectivity index is 1.85. The van der Waals surface area contributed by atoms with Crippen molar-refractivity contribution in [2.75, 3.05) is 19.0 Å². The van der Waals surface area contributed by atoms with Crippen molar-refractivity contribution < 1.29 is 4.74 Å². The van der Waals surface area contributed by atoms with Crippen LogP contribution in [0.1, 0.15) is 11.1 Å². The molecule has 0 aliphatic heterocycles. The first-order chi connectivity index (χ1) is 10.6. The lowest BCUT2D eigenvalue weighted by atomic mass is 10.1. The van der Waals surface area contributed by atoms with E-state index in [1.807, 2.05) is 49.4 Å². The van der Waals surface area contributed by atoms with E-state index in [4.69, 9.17) is 28.6 Å². The van der Waals surface area contributed by atoms with Crippen LogP contribution < -0.4 is 15.4 Å². The van der Waals surface area contributed by atoms with Gasteiger partial charge in [0.1, 0.15) is 5.75 Å². The summed E-state index contributed by atoms with van der Waals surface area (Å²) in [5, 5.41) is 7.70. The molecular formula is C17H19ClN2OS. The SMILES string of the molecule is COc1ccc(C)cc1NC(=S)NCCc1ccc(Cl)cc1. The molecule has 2 aromatic carbocycles. The minimum Gasteiger partial charge on any atom is -0.495 e. The van der Waals surface area contributed by atoms with Crippen LogP contribution >= 0.6 is 23.8 Å². The molecule has 0 saturated carbocycles. The molecule has 5 heteroatoms. The number of anilines is 1. The van der Waals surface area contributed by atoms with Crippen molar-refractivity contribution >= 4 is 34.6 Å². The summed E-state index contributed by atoms with van der Waals surface area (Å²) in [6.45, 7) is 2.78. The molecule has 2 N–H and O–H groups in total. The van der Waals surface area contributed by atoms with Crippen LogP contribution in [-0.2, 0) is 6.42 Å². The first-order valence-corrected chi connectivity index (χ1v) is 7.81. The molecule has 0 saturated heterocycles. The number of hydrogen-bond donors (Lipinski definition) is 2. The molecule has 0 aromatic heterocycles. The summed E-state index contributed by atoms with van der Waals surface area (Å²) in [5.41, 5.74) is 3.23. The molecule has 0 atom stereocenters. The maximum Gasteiger partial charge on any atom is 0.170 e. The van der Waals surface area contributed by atoms with Gasteiger partial charge in [0, 0.05) is 11.6 Å². The van der Waals surface area contributed by atoms with Crippen molar-refractivity contribution in [3.8, 4) is 5.75 Å². The van der Waals surface area contributed by atoms with Gasteiger partial charge in [-0.2, -0.15) is 0 Å². The first-order valence-electron chi connectivity index (χ1n) is 7.02. The molecule has 0 amide bonds. The van der Waals surface area contributed by atoms with Gasteiger partial charge in [0.25, 0.3) is 0 Å². The quantitative estimate of drug-likeness (QED) is 0.803. The summed E-state index contributed by atoms with van der Waals surface area (Å²) in [6.07, 6.45) is 0.879. The molecule has 0 fully saturated rings. The van der Waals surface area contributed by atoms with Gasteiger partial charge in [-0.15, -0.1) is 0 Å². The second-order valence-electron chi connectivity index (χ2n) is 4.96. The largest absolute Gasteiger partial charge is 0.495 e. The molecule has 0 aliphatic carbocycles. The van der Waals surface area contributed by atoms with E-state index in [0.717, 1.165) is 35.0 Å². The average Bonchev–Trinajstić information content (AvgIpc) is 2.49. The molecule has 116 valence electrons. The lowest BCUT2D eigenvalue weighted by Crippen LogP contribution is -2.30. The number of halogens is 1. The van der Waals surface area contributed by atoms with E-state index in [9.17, 15) is 0 Å². The molecule has 3 nitrogen and oxygen atoms in total. The van der Waals surface area contributed by atoms with Crippen LogP contribution in [0, 0.1) is 6.92 Å². The zero-order valence-electron chi connectivity index (χ0n) is 12.7. The zero-order chi connectivity index (χ0) is 15.9. The van der Waals surface area contributed by atoms with Crippen LogP contribution in [-0.4, -0.2) is 18.8 Å². The Kier molecular flexibility index (Phi) is 6.04. The summed E-state index contributed by atoms with van der Waals surface area (Å²) >= 11 is 11.2. The Labute approximate surface area is 141 Å². The van der Waals surface area contributed by atoms with E-state index in [2.05, 4.69) is 10.6 Å². The van der Waals surface area contributed by atoms with Gasteiger partial charge in [0.05, 0.1) is 12.8 Å². The second kappa shape index (κ2) is 8.01. The molecule has 0 bridgehead atoms. The van der Waals surface area contributed by atoms with Gasteiger partial charge in [-0.25, -0.2) is 0 Å². The van der Waals surface area contributed by atoms with Gasteiger partial charge in [-0.05, 0) is 61.0 Å². The highest BCUT2D eigenvalue weighted by Gasteiger charge is 2.05. The highest BCUT2D eigenvalue weighted by Crippen LogP contribution is 2.24. The van der Waals surface area contributed by atoms with Gasteiger partial charge in [0.15, 0.2) is 5.11 Å². The number of aryl methyl sites for hydroxylation is 1. The summed E-state index contributed by atoms with van der Waals surface area (Å²) in [7, 11) is 1.65. The standard InChI is InChI=1S/C17H19ClN2OS/c1-12-3-8-16(21-2)15(11-12)20-17(22)19-10-9-13-4-6-14(18)7-5-13/h3-8,11H,9-10H2,1-2H3,(H2,19,20,22). The smallest absolute Gasteiger partial charge is 0.170 e. The minimum absolute atomic E-state index is 0.581. The van der Waals surface area contributed by atoms with Crippen molar-refractivity contribution in [1.82, 2.24) is 5.32 Å². The first kappa shape index (κ1) is 16.6. The fourth-order valence-corrected chi connectivity index (χ4v) is 2.40. The number of methoxy groups -OCH3 is 1. The summed E-state index contributed by atoms with van der Waals surface area (Å²) in [6, 6.07) is 13.8. The molecule has 0 heterocycles. The third-order valence-corrected chi connectivity index (χ3v) is 3.71. The molecule has 0 spiro atoms. The zero-order valence-corrected chi connectivity index (χ0v) is 14.2. The minimum atomic E-state index is 0.581. The lowest BCUT2D eigenvalue weighted by Gasteiger charge is -2.14. The van der Waals surface area contributed by atoms with E-state index in [-0.39, 0.29) is 0 Å². The summed E-state index contributed by atoms with van der Waals surface area (Å²) < 4.78 is 5.32. The van der Waals surface area contributed by atoms with Crippen molar-refractivity contribution in [1.29, 1.82) is 0 Å². The van der Waals surface area contributed by atoms with Crippen LogP contribution in [0.3, 0.4) is 0 Å². The Hall–Kier alpha value is -1.78. The van der Waals surface area contributed by atoms with Crippen molar-refractivity contribution in [3.63, 3.8) is 0 Å². The van der Waals surface area contributed by atoms with E-state index in [1.165, 1.54) is 5.56 Å². The number of nitrogens with one attached hydrogen (secondary N) is 2. The van der Waals surface area contributed by atoms with Crippen molar-refractivity contribution in [2.45, 2.75) is 13.3 Å². The molecule has 22 heavy (non-hydrogen) atoms. The molecule has 0 unspecified atom stereocenters. The fraction of sp³-hybridized carbons (Fsp3) is 0.235. The van der Waals surface area contributed by atoms with Crippen LogP contribution in [0.15, 0.2) is 42.5 Å². The maximum absolute atomic E-state index is 5.87. The monoisotopic (exact) mass is 334 g/mol. The molecule has 0 radical (unpaired) electrons. The highest BCUT2D eigenvalue weighted by atomic mass is 35.5. The lowest BCUT2D eigenvalue weighted by molar-refractivity contribution is 0.417. The van der Waals surface area contributed by atoms with Gasteiger partial charge < -0.3 is 15.4 Å². The number of hydrogen-bond acceptors (Lipinski definition) is 2. The Morgan fingerprint density at radius 3 is 2.59 bits per heavy atom. The van der Waals surface area contributed by atoms with Crippen LogP contribution in [0.4, 0.5) is 5.69 Å². The predicted molar refractivity (Wildman–Crippen MR) is 97.1 cm³/mol. The van der Waals surface area contributed by atoms with Crippen LogP contribution in [0.5, 0.6) is 5.75 Å².